The zero-order valence-corrected chi connectivity index (χ0v) is 12.6. The van der Waals surface area contributed by atoms with Gasteiger partial charge in [0, 0.05) is 29.2 Å². The van der Waals surface area contributed by atoms with E-state index < -0.39 is 0 Å². The number of thiophene rings is 1. The van der Waals surface area contributed by atoms with Crippen LogP contribution in [0.2, 0.25) is 0 Å². The van der Waals surface area contributed by atoms with Gasteiger partial charge in [-0.25, -0.2) is 9.97 Å². The molecule has 4 heteroatoms. The van der Waals surface area contributed by atoms with Crippen molar-refractivity contribution in [1.29, 1.82) is 0 Å². The van der Waals surface area contributed by atoms with Gasteiger partial charge in [0.15, 0.2) is 5.82 Å². The van der Waals surface area contributed by atoms with E-state index in [0.717, 1.165) is 42.3 Å². The molecule has 0 fully saturated rings. The number of anilines is 1. The van der Waals surface area contributed by atoms with Gasteiger partial charge in [0.05, 0.1) is 0 Å². The van der Waals surface area contributed by atoms with Gasteiger partial charge in [0.1, 0.15) is 5.82 Å². The second kappa shape index (κ2) is 6.66. The molecule has 0 bridgehead atoms. The molecular weight excluding hydrogens is 254 g/mol. The summed E-state index contributed by atoms with van der Waals surface area (Å²) in [4.78, 5) is 9.28. The molecule has 0 saturated carbocycles. The van der Waals surface area contributed by atoms with Crippen LogP contribution in [0.15, 0.2) is 22.9 Å². The first-order valence-corrected chi connectivity index (χ1v) is 7.77. The van der Waals surface area contributed by atoms with Gasteiger partial charge in [0.25, 0.3) is 0 Å². The van der Waals surface area contributed by atoms with E-state index in [4.69, 9.17) is 0 Å². The smallest absolute Gasteiger partial charge is 0.162 e. The lowest BCUT2D eigenvalue weighted by molar-refractivity contribution is 0.635. The summed E-state index contributed by atoms with van der Waals surface area (Å²) in [5, 5.41) is 7.52. The molecule has 1 N–H and O–H groups in total. The zero-order chi connectivity index (χ0) is 13.7. The number of hydrogen-bond acceptors (Lipinski definition) is 4. The van der Waals surface area contributed by atoms with Gasteiger partial charge in [-0.1, -0.05) is 20.8 Å². The molecule has 0 saturated heterocycles. The highest BCUT2D eigenvalue weighted by Gasteiger charge is 2.08. The van der Waals surface area contributed by atoms with Gasteiger partial charge in [-0.2, -0.15) is 11.3 Å². The van der Waals surface area contributed by atoms with Crippen LogP contribution in [-0.4, -0.2) is 16.5 Å². The van der Waals surface area contributed by atoms with Crippen LogP contribution >= 0.6 is 11.3 Å². The molecule has 0 aliphatic heterocycles. The summed E-state index contributed by atoms with van der Waals surface area (Å²) in [5.74, 6) is 2.37. The van der Waals surface area contributed by atoms with Crippen molar-refractivity contribution in [3.05, 3.63) is 28.6 Å². The highest BCUT2D eigenvalue weighted by molar-refractivity contribution is 7.08. The zero-order valence-electron chi connectivity index (χ0n) is 11.8. The maximum atomic E-state index is 4.68. The van der Waals surface area contributed by atoms with Crippen molar-refractivity contribution in [2.24, 2.45) is 5.92 Å². The number of aromatic nitrogens is 2. The summed E-state index contributed by atoms with van der Waals surface area (Å²) in [6.07, 6.45) is 2.08. The fraction of sp³-hybridized carbons (Fsp3) is 0.467. The maximum absolute atomic E-state index is 4.68. The lowest BCUT2D eigenvalue weighted by Gasteiger charge is -2.10. The third-order valence-corrected chi connectivity index (χ3v) is 3.42. The average molecular weight is 275 g/mol. The minimum absolute atomic E-state index is 0.601. The predicted molar refractivity (Wildman–Crippen MR) is 82.7 cm³/mol. The highest BCUT2D eigenvalue weighted by atomic mass is 32.1. The SMILES string of the molecule is CCCNc1cc(CC(C)C)nc(-c2ccsc2)n1. The molecule has 102 valence electrons. The second-order valence-electron chi connectivity index (χ2n) is 5.10. The van der Waals surface area contributed by atoms with Gasteiger partial charge < -0.3 is 5.32 Å². The quantitative estimate of drug-likeness (QED) is 0.857. The molecule has 0 spiro atoms. The lowest BCUT2D eigenvalue weighted by Crippen LogP contribution is -2.06. The minimum atomic E-state index is 0.601. The Bertz CT molecular complexity index is 506. The normalized spacial score (nSPS) is 10.9. The largest absolute Gasteiger partial charge is 0.370 e. The molecule has 3 nitrogen and oxygen atoms in total. The van der Waals surface area contributed by atoms with Crippen LogP contribution in [0, 0.1) is 5.92 Å². The van der Waals surface area contributed by atoms with Gasteiger partial charge in [-0.05, 0) is 30.2 Å². The van der Waals surface area contributed by atoms with Crippen molar-refractivity contribution in [1.82, 2.24) is 9.97 Å². The van der Waals surface area contributed by atoms with E-state index in [0.29, 0.717) is 5.92 Å². The van der Waals surface area contributed by atoms with Crippen molar-refractivity contribution < 1.29 is 0 Å². The van der Waals surface area contributed by atoms with Gasteiger partial charge in [0.2, 0.25) is 0 Å². The molecule has 2 aromatic rings. The minimum Gasteiger partial charge on any atom is -0.370 e. The summed E-state index contributed by atoms with van der Waals surface area (Å²) in [6.45, 7) is 7.53. The Morgan fingerprint density at radius 1 is 1.32 bits per heavy atom. The Balaban J connectivity index is 2.31. The molecular formula is C15H21N3S. The van der Waals surface area contributed by atoms with Crippen molar-refractivity contribution in [2.75, 3.05) is 11.9 Å². The third-order valence-electron chi connectivity index (χ3n) is 2.73. The van der Waals surface area contributed by atoms with E-state index in [9.17, 15) is 0 Å². The van der Waals surface area contributed by atoms with Crippen LogP contribution in [-0.2, 0) is 6.42 Å². The summed E-state index contributed by atoms with van der Waals surface area (Å²) in [6, 6.07) is 4.15. The van der Waals surface area contributed by atoms with E-state index in [-0.39, 0.29) is 0 Å². The van der Waals surface area contributed by atoms with Crippen LogP contribution in [0.1, 0.15) is 32.9 Å². The Kier molecular flexibility index (Phi) is 4.91. The topological polar surface area (TPSA) is 37.8 Å². The average Bonchev–Trinajstić information content (AvgIpc) is 2.89. The molecule has 2 heterocycles. The van der Waals surface area contributed by atoms with Gasteiger partial charge in [-0.3, -0.25) is 0 Å². The molecule has 2 aromatic heterocycles. The summed E-state index contributed by atoms with van der Waals surface area (Å²) in [5.41, 5.74) is 2.22. The van der Waals surface area contributed by atoms with Crippen LogP contribution in [0.4, 0.5) is 5.82 Å². The summed E-state index contributed by atoms with van der Waals surface area (Å²) < 4.78 is 0. The molecule has 0 unspecified atom stereocenters. The fourth-order valence-electron chi connectivity index (χ4n) is 1.88. The Labute approximate surface area is 119 Å². The number of nitrogens with zero attached hydrogens (tertiary/aromatic N) is 2. The highest BCUT2D eigenvalue weighted by Crippen LogP contribution is 2.21. The monoisotopic (exact) mass is 275 g/mol. The van der Waals surface area contributed by atoms with E-state index in [1.54, 1.807) is 11.3 Å². The molecule has 0 aliphatic rings. The van der Waals surface area contributed by atoms with Crippen molar-refractivity contribution in [2.45, 2.75) is 33.6 Å². The van der Waals surface area contributed by atoms with Crippen molar-refractivity contribution in [3.8, 4) is 11.4 Å². The maximum Gasteiger partial charge on any atom is 0.162 e. The first-order valence-electron chi connectivity index (χ1n) is 6.83. The first-order chi connectivity index (χ1) is 9.19. The van der Waals surface area contributed by atoms with E-state index >= 15 is 0 Å². The molecule has 2 rings (SSSR count). The van der Waals surface area contributed by atoms with Crippen LogP contribution in [0.3, 0.4) is 0 Å². The fourth-order valence-corrected chi connectivity index (χ4v) is 2.52. The summed E-state index contributed by atoms with van der Waals surface area (Å²) >= 11 is 1.68. The van der Waals surface area contributed by atoms with E-state index in [1.807, 2.05) is 0 Å². The number of rotatable bonds is 6. The van der Waals surface area contributed by atoms with Gasteiger partial charge >= 0.3 is 0 Å². The molecule has 0 atom stereocenters. The van der Waals surface area contributed by atoms with Crippen molar-refractivity contribution >= 4 is 17.2 Å². The Morgan fingerprint density at radius 3 is 2.79 bits per heavy atom. The third kappa shape index (κ3) is 4.03. The summed E-state index contributed by atoms with van der Waals surface area (Å²) in [7, 11) is 0. The lowest BCUT2D eigenvalue weighted by atomic mass is 10.1. The number of hydrogen-bond donors (Lipinski definition) is 1. The van der Waals surface area contributed by atoms with E-state index in [1.165, 1.54) is 0 Å². The molecule has 0 amide bonds. The van der Waals surface area contributed by atoms with Crippen LogP contribution in [0.5, 0.6) is 0 Å². The molecule has 0 aliphatic carbocycles. The molecule has 0 radical (unpaired) electrons. The van der Waals surface area contributed by atoms with Gasteiger partial charge in [-0.15, -0.1) is 0 Å². The van der Waals surface area contributed by atoms with E-state index in [2.05, 4.69) is 58.9 Å². The predicted octanol–water partition coefficient (Wildman–Crippen LogP) is 4.23. The standard InChI is InChI=1S/C15H21N3S/c1-4-6-16-14-9-13(8-11(2)3)17-15(18-14)12-5-7-19-10-12/h5,7,9-11H,4,6,8H2,1-3H3,(H,16,17,18). The second-order valence-corrected chi connectivity index (χ2v) is 5.88. The Morgan fingerprint density at radius 2 is 2.16 bits per heavy atom. The number of nitrogens with one attached hydrogen (secondary N) is 1. The van der Waals surface area contributed by atoms with Crippen LogP contribution < -0.4 is 5.32 Å². The Hall–Kier alpha value is -1.42. The molecule has 0 aromatic carbocycles. The van der Waals surface area contributed by atoms with Crippen molar-refractivity contribution in [3.63, 3.8) is 0 Å². The van der Waals surface area contributed by atoms with Crippen LogP contribution in [0.25, 0.3) is 11.4 Å². The molecule has 19 heavy (non-hydrogen) atoms. The first kappa shape index (κ1) is 14.0.